The van der Waals surface area contributed by atoms with Gasteiger partial charge in [0, 0.05) is 6.54 Å². The lowest BCUT2D eigenvalue weighted by molar-refractivity contribution is -0.129. The smallest absolute Gasteiger partial charge is 0.232 e. The average molecular weight is 236 g/mol. The molecule has 1 amide bonds. The van der Waals surface area contributed by atoms with Crippen LogP contribution in [0.1, 0.15) is 11.4 Å². The maximum absolute atomic E-state index is 11.7. The van der Waals surface area contributed by atoms with Crippen LogP contribution in [0.5, 0.6) is 0 Å². The van der Waals surface area contributed by atoms with Gasteiger partial charge in [-0.3, -0.25) is 9.48 Å². The molecule has 0 bridgehead atoms. The van der Waals surface area contributed by atoms with Gasteiger partial charge in [-0.05, 0) is 12.3 Å². The zero-order valence-corrected chi connectivity index (χ0v) is 9.83. The predicted molar refractivity (Wildman–Crippen MR) is 60.7 cm³/mol. The van der Waals surface area contributed by atoms with Gasteiger partial charge in [0.1, 0.15) is 6.07 Å². The molecule has 6 heteroatoms. The Morgan fingerprint density at radius 2 is 2.50 bits per heavy atom. The van der Waals surface area contributed by atoms with Gasteiger partial charge in [0.05, 0.1) is 24.5 Å². The third kappa shape index (κ3) is 2.04. The average Bonchev–Trinajstić information content (AvgIpc) is 2.70. The summed E-state index contributed by atoms with van der Waals surface area (Å²) in [6, 6.07) is 3.76. The van der Waals surface area contributed by atoms with Gasteiger partial charge in [0.2, 0.25) is 5.91 Å². The number of hydrogen-bond acceptors (Lipinski definition) is 4. The summed E-state index contributed by atoms with van der Waals surface area (Å²) in [5, 5.41) is 12.9. The Bertz CT molecular complexity index is 448. The van der Waals surface area contributed by atoms with Crippen molar-refractivity contribution in [2.45, 2.75) is 13.1 Å². The molecule has 2 heterocycles. The van der Waals surface area contributed by atoms with E-state index in [4.69, 9.17) is 5.26 Å². The van der Waals surface area contributed by atoms with Crippen LogP contribution in [-0.2, 0) is 17.9 Å². The van der Waals surface area contributed by atoms with E-state index in [0.29, 0.717) is 31.1 Å². The Labute approximate surface area is 98.0 Å². The van der Waals surface area contributed by atoms with E-state index in [1.165, 1.54) is 11.8 Å². The van der Waals surface area contributed by atoms with E-state index in [0.717, 1.165) is 5.69 Å². The molecular formula is C10H12N4OS. The van der Waals surface area contributed by atoms with Crippen LogP contribution in [0.3, 0.4) is 0 Å². The second kappa shape index (κ2) is 4.58. The summed E-state index contributed by atoms with van der Waals surface area (Å²) < 4.78 is 1.81. The van der Waals surface area contributed by atoms with Crippen LogP contribution < -0.4 is 0 Å². The summed E-state index contributed by atoms with van der Waals surface area (Å²) in [5.41, 5.74) is 1.37. The number of aromatic nitrogens is 2. The molecule has 16 heavy (non-hydrogen) atoms. The van der Waals surface area contributed by atoms with Crippen molar-refractivity contribution < 1.29 is 4.79 Å². The van der Waals surface area contributed by atoms with Crippen LogP contribution in [0.25, 0.3) is 0 Å². The molecule has 84 valence electrons. The zero-order chi connectivity index (χ0) is 11.5. The van der Waals surface area contributed by atoms with E-state index in [1.54, 1.807) is 10.7 Å². The molecule has 0 aliphatic carbocycles. The fourth-order valence-corrected chi connectivity index (χ4v) is 2.18. The van der Waals surface area contributed by atoms with E-state index in [2.05, 4.69) is 5.10 Å². The van der Waals surface area contributed by atoms with Crippen molar-refractivity contribution in [3.8, 4) is 6.07 Å². The minimum atomic E-state index is 0.151. The predicted octanol–water partition coefficient (Wildman–Crippen LogP) is 0.460. The van der Waals surface area contributed by atoms with Gasteiger partial charge in [0.15, 0.2) is 5.69 Å². The number of nitrogens with zero attached hydrogens (tertiary/aromatic N) is 4. The molecule has 1 aromatic heterocycles. The van der Waals surface area contributed by atoms with Gasteiger partial charge in [-0.2, -0.15) is 22.1 Å². The molecule has 2 rings (SSSR count). The quantitative estimate of drug-likeness (QED) is 0.748. The van der Waals surface area contributed by atoms with Crippen LogP contribution in [0, 0.1) is 11.3 Å². The standard InChI is InChI=1S/C10H12N4OS/c1-16-7-10(15)13-2-3-14-9(6-13)4-8(5-11)12-14/h4H,2-3,6-7H2,1H3. The van der Waals surface area contributed by atoms with Crippen molar-refractivity contribution in [1.82, 2.24) is 14.7 Å². The molecule has 0 fully saturated rings. The highest BCUT2D eigenvalue weighted by atomic mass is 32.2. The summed E-state index contributed by atoms with van der Waals surface area (Å²) in [7, 11) is 0. The molecule has 0 aromatic carbocycles. The minimum Gasteiger partial charge on any atom is -0.334 e. The van der Waals surface area contributed by atoms with Gasteiger partial charge >= 0.3 is 0 Å². The van der Waals surface area contributed by atoms with Crippen molar-refractivity contribution in [2.75, 3.05) is 18.6 Å². The van der Waals surface area contributed by atoms with Crippen molar-refractivity contribution in [3.63, 3.8) is 0 Å². The lowest BCUT2D eigenvalue weighted by Gasteiger charge is -2.27. The maximum atomic E-state index is 11.7. The minimum absolute atomic E-state index is 0.151. The van der Waals surface area contributed by atoms with E-state index in [9.17, 15) is 4.79 Å². The van der Waals surface area contributed by atoms with Crippen molar-refractivity contribution in [2.24, 2.45) is 0 Å². The number of thioether (sulfide) groups is 1. The summed E-state index contributed by atoms with van der Waals surface area (Å²) in [4.78, 5) is 13.5. The van der Waals surface area contributed by atoms with Gasteiger partial charge in [-0.1, -0.05) is 0 Å². The Kier molecular flexibility index (Phi) is 3.15. The second-order valence-corrected chi connectivity index (χ2v) is 4.47. The molecule has 0 unspecified atom stereocenters. The van der Waals surface area contributed by atoms with Crippen LogP contribution in [0.4, 0.5) is 0 Å². The molecule has 0 atom stereocenters. The number of nitriles is 1. The van der Waals surface area contributed by atoms with Gasteiger partial charge in [0.25, 0.3) is 0 Å². The van der Waals surface area contributed by atoms with Crippen LogP contribution >= 0.6 is 11.8 Å². The first-order valence-electron chi connectivity index (χ1n) is 4.98. The Balaban J connectivity index is 2.11. The number of carbonyl (C=O) groups excluding carboxylic acids is 1. The third-order valence-electron chi connectivity index (χ3n) is 2.53. The fourth-order valence-electron chi connectivity index (χ4n) is 1.75. The van der Waals surface area contributed by atoms with E-state index in [1.807, 2.05) is 17.2 Å². The third-order valence-corrected chi connectivity index (χ3v) is 3.07. The van der Waals surface area contributed by atoms with Crippen LogP contribution in [0.15, 0.2) is 6.07 Å². The number of carbonyl (C=O) groups is 1. The highest BCUT2D eigenvalue weighted by molar-refractivity contribution is 7.99. The Hall–Kier alpha value is -1.48. The maximum Gasteiger partial charge on any atom is 0.232 e. The molecule has 1 aliphatic heterocycles. The molecule has 0 N–H and O–H groups in total. The molecule has 5 nitrogen and oxygen atoms in total. The SMILES string of the molecule is CSCC(=O)N1CCn2nc(C#N)cc2C1. The normalized spacial score (nSPS) is 14.4. The van der Waals surface area contributed by atoms with Crippen molar-refractivity contribution >= 4 is 17.7 Å². The summed E-state index contributed by atoms with van der Waals surface area (Å²) in [6.07, 6.45) is 1.92. The van der Waals surface area contributed by atoms with Gasteiger partial charge in [-0.25, -0.2) is 0 Å². The highest BCUT2D eigenvalue weighted by Gasteiger charge is 2.21. The second-order valence-electron chi connectivity index (χ2n) is 3.60. The topological polar surface area (TPSA) is 61.9 Å². The van der Waals surface area contributed by atoms with Gasteiger partial charge in [-0.15, -0.1) is 0 Å². The number of hydrogen-bond donors (Lipinski definition) is 0. The van der Waals surface area contributed by atoms with Crippen LogP contribution in [-0.4, -0.2) is 39.1 Å². The lowest BCUT2D eigenvalue weighted by Crippen LogP contribution is -2.39. The molecule has 1 aromatic rings. The summed E-state index contributed by atoms with van der Waals surface area (Å²) in [6.45, 7) is 1.92. The zero-order valence-electron chi connectivity index (χ0n) is 9.01. The monoisotopic (exact) mass is 236 g/mol. The first kappa shape index (κ1) is 11.0. The van der Waals surface area contributed by atoms with Gasteiger partial charge < -0.3 is 4.90 Å². The van der Waals surface area contributed by atoms with E-state index in [-0.39, 0.29) is 5.91 Å². The van der Waals surface area contributed by atoms with E-state index >= 15 is 0 Å². The van der Waals surface area contributed by atoms with Crippen LogP contribution in [0.2, 0.25) is 0 Å². The fraction of sp³-hybridized carbons (Fsp3) is 0.500. The molecule has 1 aliphatic rings. The summed E-state index contributed by atoms with van der Waals surface area (Å²) >= 11 is 1.53. The van der Waals surface area contributed by atoms with Crippen molar-refractivity contribution in [3.05, 3.63) is 17.5 Å². The first-order valence-corrected chi connectivity index (χ1v) is 6.37. The van der Waals surface area contributed by atoms with E-state index < -0.39 is 0 Å². The number of amides is 1. The number of rotatable bonds is 2. The Morgan fingerprint density at radius 1 is 1.69 bits per heavy atom. The Morgan fingerprint density at radius 3 is 3.19 bits per heavy atom. The van der Waals surface area contributed by atoms with Crippen molar-refractivity contribution in [1.29, 1.82) is 5.26 Å². The lowest BCUT2D eigenvalue weighted by atomic mass is 10.3. The highest BCUT2D eigenvalue weighted by Crippen LogP contribution is 2.14. The first-order chi connectivity index (χ1) is 7.74. The molecular weight excluding hydrogens is 224 g/mol. The molecule has 0 spiro atoms. The molecule has 0 saturated heterocycles. The number of fused-ring (bicyclic) bond motifs is 1. The summed E-state index contributed by atoms with van der Waals surface area (Å²) in [5.74, 6) is 0.664. The molecule has 0 saturated carbocycles. The largest absolute Gasteiger partial charge is 0.334 e. The molecule has 0 radical (unpaired) electrons.